The molecule has 0 spiro atoms. The largest absolute Gasteiger partial charge is 0.351 e. The van der Waals surface area contributed by atoms with Crippen molar-refractivity contribution in [3.8, 4) is 0 Å². The Bertz CT molecular complexity index is 1120. The van der Waals surface area contributed by atoms with Crippen LogP contribution in [-0.2, 0) is 11.3 Å². The highest BCUT2D eigenvalue weighted by Crippen LogP contribution is 2.24. The Hall–Kier alpha value is -2.84. The van der Waals surface area contributed by atoms with Crippen LogP contribution in [0, 0.1) is 0 Å². The fraction of sp³-hybridized carbons (Fsp3) is 0.158. The second-order valence-electron chi connectivity index (χ2n) is 6.01. The van der Waals surface area contributed by atoms with Crippen LogP contribution in [0.25, 0.3) is 10.9 Å². The van der Waals surface area contributed by atoms with Crippen molar-refractivity contribution in [2.24, 2.45) is 5.73 Å². The zero-order chi connectivity index (χ0) is 20.3. The van der Waals surface area contributed by atoms with Crippen molar-refractivity contribution in [2.45, 2.75) is 23.9 Å². The van der Waals surface area contributed by atoms with Gasteiger partial charge in [-0.1, -0.05) is 53.7 Å². The number of benzene rings is 2. The SMILES string of the molecule is CC(Sc1nc2ccccc2c(=O)n1Cc1ccccc1Cl)C(=O)NC(N)=O. The van der Waals surface area contributed by atoms with E-state index < -0.39 is 17.2 Å². The number of carbonyl (C=O) groups is 2. The first-order chi connectivity index (χ1) is 13.4. The molecule has 0 bridgehead atoms. The van der Waals surface area contributed by atoms with Gasteiger partial charge in [0, 0.05) is 5.02 Å². The lowest BCUT2D eigenvalue weighted by Gasteiger charge is -2.16. The second kappa shape index (κ2) is 8.45. The van der Waals surface area contributed by atoms with E-state index in [1.54, 1.807) is 43.3 Å². The van der Waals surface area contributed by atoms with Crippen LogP contribution in [0.1, 0.15) is 12.5 Å². The molecule has 0 aliphatic rings. The number of urea groups is 1. The molecule has 0 aliphatic carbocycles. The first kappa shape index (κ1) is 19.9. The van der Waals surface area contributed by atoms with Crippen molar-refractivity contribution in [3.05, 3.63) is 69.5 Å². The summed E-state index contributed by atoms with van der Waals surface area (Å²) in [6, 6.07) is 13.2. The summed E-state index contributed by atoms with van der Waals surface area (Å²) in [6.07, 6.45) is 0. The van der Waals surface area contributed by atoms with Gasteiger partial charge in [0.1, 0.15) is 0 Å². The second-order valence-corrected chi connectivity index (χ2v) is 7.72. The summed E-state index contributed by atoms with van der Waals surface area (Å²) in [4.78, 5) is 40.6. The molecule has 1 aromatic heterocycles. The summed E-state index contributed by atoms with van der Waals surface area (Å²) in [5.41, 5.74) is 6.04. The minimum Gasteiger partial charge on any atom is -0.351 e. The standard InChI is InChI=1S/C19H17ClN4O3S/c1-11(16(25)23-18(21)27)28-19-22-15-9-5-3-7-13(15)17(26)24(19)10-12-6-2-4-8-14(12)20/h2-9,11H,10H2,1H3,(H3,21,23,25,27). The Labute approximate surface area is 169 Å². The number of amides is 3. The average Bonchev–Trinajstić information content (AvgIpc) is 2.65. The van der Waals surface area contributed by atoms with Gasteiger partial charge >= 0.3 is 6.03 Å². The van der Waals surface area contributed by atoms with Gasteiger partial charge in [-0.25, -0.2) is 9.78 Å². The third-order valence-corrected chi connectivity index (χ3v) is 5.47. The maximum Gasteiger partial charge on any atom is 0.318 e. The molecule has 9 heteroatoms. The van der Waals surface area contributed by atoms with E-state index in [-0.39, 0.29) is 12.1 Å². The summed E-state index contributed by atoms with van der Waals surface area (Å²) in [6.45, 7) is 1.80. The van der Waals surface area contributed by atoms with E-state index in [1.807, 2.05) is 17.4 Å². The van der Waals surface area contributed by atoms with Gasteiger partial charge < -0.3 is 5.73 Å². The maximum atomic E-state index is 13.1. The number of hydrogen-bond donors (Lipinski definition) is 2. The molecule has 3 aromatic rings. The van der Waals surface area contributed by atoms with E-state index in [0.29, 0.717) is 21.1 Å². The van der Waals surface area contributed by atoms with Gasteiger partial charge in [-0.05, 0) is 30.7 Å². The third-order valence-electron chi connectivity index (χ3n) is 4.01. The van der Waals surface area contributed by atoms with Crippen LogP contribution < -0.4 is 16.6 Å². The molecule has 1 atom stereocenters. The molecule has 0 saturated heterocycles. The van der Waals surface area contributed by atoms with Crippen molar-refractivity contribution < 1.29 is 9.59 Å². The van der Waals surface area contributed by atoms with Crippen LogP contribution >= 0.6 is 23.4 Å². The molecule has 1 heterocycles. The van der Waals surface area contributed by atoms with Gasteiger partial charge in [-0.3, -0.25) is 19.5 Å². The van der Waals surface area contributed by atoms with Crippen molar-refractivity contribution in [1.82, 2.24) is 14.9 Å². The van der Waals surface area contributed by atoms with Gasteiger partial charge in [0.05, 0.1) is 22.7 Å². The number of thioether (sulfide) groups is 1. The summed E-state index contributed by atoms with van der Waals surface area (Å²) in [5.74, 6) is -0.566. The highest BCUT2D eigenvalue weighted by molar-refractivity contribution is 8.00. The molecular formula is C19H17ClN4O3S. The molecular weight excluding hydrogens is 400 g/mol. The van der Waals surface area contributed by atoms with E-state index in [2.05, 4.69) is 4.98 Å². The zero-order valence-electron chi connectivity index (χ0n) is 14.9. The number of nitrogens with one attached hydrogen (secondary N) is 1. The molecule has 1 unspecified atom stereocenters. The number of aromatic nitrogens is 2. The molecule has 0 fully saturated rings. The van der Waals surface area contributed by atoms with E-state index >= 15 is 0 Å². The van der Waals surface area contributed by atoms with Gasteiger partial charge in [-0.2, -0.15) is 0 Å². The number of imide groups is 1. The Kier molecular flexibility index (Phi) is 6.01. The molecule has 0 radical (unpaired) electrons. The molecule has 3 N–H and O–H groups in total. The minimum atomic E-state index is -0.933. The Morgan fingerprint density at radius 1 is 1.21 bits per heavy atom. The molecule has 3 amide bonds. The van der Waals surface area contributed by atoms with Crippen molar-refractivity contribution in [1.29, 1.82) is 0 Å². The number of hydrogen-bond acceptors (Lipinski definition) is 5. The lowest BCUT2D eigenvalue weighted by molar-refractivity contribution is -0.119. The van der Waals surface area contributed by atoms with E-state index in [9.17, 15) is 14.4 Å². The fourth-order valence-corrected chi connectivity index (χ4v) is 3.71. The van der Waals surface area contributed by atoms with Gasteiger partial charge in [0.15, 0.2) is 5.16 Å². The summed E-state index contributed by atoms with van der Waals surface area (Å²) in [7, 11) is 0. The number of para-hydroxylation sites is 1. The van der Waals surface area contributed by atoms with E-state index in [1.165, 1.54) is 4.57 Å². The van der Waals surface area contributed by atoms with E-state index in [0.717, 1.165) is 17.3 Å². The topological polar surface area (TPSA) is 107 Å². The molecule has 28 heavy (non-hydrogen) atoms. The van der Waals surface area contributed by atoms with Crippen molar-refractivity contribution in [3.63, 3.8) is 0 Å². The molecule has 2 aromatic carbocycles. The van der Waals surface area contributed by atoms with Crippen molar-refractivity contribution in [2.75, 3.05) is 0 Å². The highest BCUT2D eigenvalue weighted by atomic mass is 35.5. The summed E-state index contributed by atoms with van der Waals surface area (Å²) < 4.78 is 1.47. The molecule has 0 saturated carbocycles. The van der Waals surface area contributed by atoms with Crippen LogP contribution in [-0.4, -0.2) is 26.7 Å². The maximum absolute atomic E-state index is 13.1. The zero-order valence-corrected chi connectivity index (χ0v) is 16.5. The minimum absolute atomic E-state index is 0.197. The van der Waals surface area contributed by atoms with Crippen LogP contribution in [0.4, 0.5) is 4.79 Å². The predicted molar refractivity (Wildman–Crippen MR) is 110 cm³/mol. The Morgan fingerprint density at radius 2 is 1.89 bits per heavy atom. The molecule has 0 aliphatic heterocycles. The van der Waals surface area contributed by atoms with Gasteiger partial charge in [0.2, 0.25) is 5.91 Å². The monoisotopic (exact) mass is 416 g/mol. The first-order valence-corrected chi connectivity index (χ1v) is 9.62. The quantitative estimate of drug-likeness (QED) is 0.491. The summed E-state index contributed by atoms with van der Waals surface area (Å²) >= 11 is 7.32. The van der Waals surface area contributed by atoms with Crippen LogP contribution in [0.3, 0.4) is 0 Å². The first-order valence-electron chi connectivity index (χ1n) is 8.36. The molecule has 3 rings (SSSR count). The number of halogens is 1. The fourth-order valence-electron chi connectivity index (χ4n) is 2.61. The summed E-state index contributed by atoms with van der Waals surface area (Å²) in [5, 5.41) is 2.67. The average molecular weight is 417 g/mol. The number of rotatable bonds is 5. The molecule has 7 nitrogen and oxygen atoms in total. The number of nitrogens with zero attached hydrogens (tertiary/aromatic N) is 2. The van der Waals surface area contributed by atoms with Crippen LogP contribution in [0.5, 0.6) is 0 Å². The van der Waals surface area contributed by atoms with Gasteiger partial charge in [-0.15, -0.1) is 0 Å². The molecule has 144 valence electrons. The van der Waals surface area contributed by atoms with Crippen molar-refractivity contribution >= 4 is 46.2 Å². The van der Waals surface area contributed by atoms with E-state index in [4.69, 9.17) is 17.3 Å². The number of fused-ring (bicyclic) bond motifs is 1. The van der Waals surface area contributed by atoms with Crippen LogP contribution in [0.2, 0.25) is 5.02 Å². The normalized spacial score (nSPS) is 11.9. The smallest absolute Gasteiger partial charge is 0.318 e. The number of primary amides is 1. The predicted octanol–water partition coefficient (Wildman–Crippen LogP) is 2.77. The Balaban J connectivity index is 2.06. The lowest BCUT2D eigenvalue weighted by Crippen LogP contribution is -2.39. The lowest BCUT2D eigenvalue weighted by atomic mass is 10.2. The van der Waals surface area contributed by atoms with Gasteiger partial charge in [0.25, 0.3) is 5.56 Å². The number of nitrogens with two attached hydrogens (primary N) is 1. The number of carbonyl (C=O) groups excluding carboxylic acids is 2. The van der Waals surface area contributed by atoms with Crippen LogP contribution in [0.15, 0.2) is 58.5 Å². The Morgan fingerprint density at radius 3 is 2.61 bits per heavy atom. The third kappa shape index (κ3) is 4.35. The highest BCUT2D eigenvalue weighted by Gasteiger charge is 2.20.